The van der Waals surface area contributed by atoms with Crippen molar-refractivity contribution in [1.29, 1.82) is 0 Å². The Balaban J connectivity index is 0.685. The van der Waals surface area contributed by atoms with Gasteiger partial charge in [0, 0.05) is 84.7 Å². The lowest BCUT2D eigenvalue weighted by Gasteiger charge is -2.69. The third-order valence-electron chi connectivity index (χ3n) is 19.9. The first-order valence-corrected chi connectivity index (χ1v) is 35.1. The number of aromatic carboxylic acids is 1. The summed E-state index contributed by atoms with van der Waals surface area (Å²) in [5, 5.41) is 78.1. The molecule has 5 amide bonds. The molecule has 0 spiro atoms. The van der Waals surface area contributed by atoms with Gasteiger partial charge in [0.15, 0.2) is 16.9 Å². The van der Waals surface area contributed by atoms with Crippen molar-refractivity contribution >= 4 is 85.1 Å². The summed E-state index contributed by atoms with van der Waals surface area (Å²) >= 11 is 1.35. The Kier molecular flexibility index (Phi) is 21.7. The van der Waals surface area contributed by atoms with E-state index < -0.39 is 79.2 Å². The van der Waals surface area contributed by atoms with Crippen LogP contribution in [0.4, 0.5) is 9.93 Å². The van der Waals surface area contributed by atoms with Crippen molar-refractivity contribution in [2.24, 2.45) is 16.2 Å². The minimum Gasteiger partial charge on any atom is -0.491 e. The highest BCUT2D eigenvalue weighted by molar-refractivity contribution is 7.22. The van der Waals surface area contributed by atoms with E-state index in [0.717, 1.165) is 58.3 Å². The van der Waals surface area contributed by atoms with E-state index in [1.807, 2.05) is 66.2 Å². The monoisotopic (exact) mass is 1430 g/mol. The number of pyridine rings is 1. The molecule has 0 radical (unpaired) electrons. The van der Waals surface area contributed by atoms with Gasteiger partial charge in [0.25, 0.3) is 17.7 Å². The molecule has 6 aliphatic rings. The Morgan fingerprint density at radius 3 is 2.21 bits per heavy atom. The Labute approximate surface area is 595 Å². The number of aliphatic hydroxyl groups excluding tert-OH is 3. The van der Waals surface area contributed by atoms with Gasteiger partial charge in [-0.2, -0.15) is 5.10 Å². The zero-order valence-electron chi connectivity index (χ0n) is 57.1. The van der Waals surface area contributed by atoms with E-state index in [-0.39, 0.29) is 121 Å². The van der Waals surface area contributed by atoms with Gasteiger partial charge in [-0.15, -0.1) is 0 Å². The second-order valence-electron chi connectivity index (χ2n) is 28.1. The van der Waals surface area contributed by atoms with Gasteiger partial charge >= 0.3 is 24.0 Å². The maximum Gasteiger partial charge on any atom is 0.407 e. The van der Waals surface area contributed by atoms with Crippen molar-refractivity contribution in [3.8, 4) is 33.9 Å². The van der Waals surface area contributed by atoms with Crippen LogP contribution >= 0.6 is 11.3 Å². The van der Waals surface area contributed by atoms with E-state index in [1.165, 1.54) is 35.6 Å². The number of imide groups is 1. The molecule has 4 saturated carbocycles. The number of unbranched alkanes of at least 4 members (excludes halogenated alkanes) is 2. The molecule has 4 aromatic carbocycles. The minimum atomic E-state index is -2.06. The number of fused-ring (bicyclic) bond motifs is 2. The highest BCUT2D eigenvalue weighted by Crippen LogP contribution is 2.72. The average molecular weight is 1440 g/mol. The number of carboxylic acids is 3. The minimum absolute atomic E-state index is 0.00730. The maximum absolute atomic E-state index is 14.4. The molecule has 544 valence electrons. The third-order valence-corrected chi connectivity index (χ3v) is 20.8. The summed E-state index contributed by atoms with van der Waals surface area (Å²) in [7, 11) is 0. The zero-order valence-corrected chi connectivity index (χ0v) is 57.9. The number of aromatic nitrogens is 4. The van der Waals surface area contributed by atoms with E-state index in [9.17, 15) is 69.0 Å². The summed E-state index contributed by atoms with van der Waals surface area (Å²) in [6.07, 6.45) is -0.646. The van der Waals surface area contributed by atoms with Crippen LogP contribution in [0.1, 0.15) is 122 Å². The van der Waals surface area contributed by atoms with Crippen LogP contribution in [0.25, 0.3) is 43.4 Å². The molecule has 1 saturated heterocycles. The van der Waals surface area contributed by atoms with Crippen LogP contribution < -0.4 is 25.4 Å². The molecule has 4 bridgehead atoms. The van der Waals surface area contributed by atoms with Crippen molar-refractivity contribution in [3.63, 3.8) is 0 Å². The SMILES string of the molecule is Cc1c(-c2ccc(-c3ccc4ccccc4c3C(=O)Nc3nc4ccccc4s3)nc2C(=O)O)cnn1CC12CC3(C)CC(C)(C1)CC(OCCNC(=O)OCc1ccc(OCCOCCNC(=O)CCCCCN4C(=O)C=CC4=O)c(CCC(=O)O)c1O[C@H]1O[C@@H](C(=O)O)[C@H](O)[C@@H](O)[C@@H]1O)(C3)C2. The fourth-order valence-corrected chi connectivity index (χ4v) is 17.5. The number of carbonyl (C=O) groups is 8. The lowest BCUT2D eigenvalue weighted by atomic mass is 9.39. The molecular weight excluding hydrogens is 1350 g/mol. The second-order valence-corrected chi connectivity index (χ2v) is 29.2. The predicted molar refractivity (Wildman–Crippen MR) is 372 cm³/mol. The number of hydrogen-bond donors (Lipinski definition) is 9. The van der Waals surface area contributed by atoms with Crippen molar-refractivity contribution in [2.75, 3.05) is 51.4 Å². The molecule has 9 N–H and O–H groups in total. The molecule has 103 heavy (non-hydrogen) atoms. The number of carbonyl (C=O) groups excluding carboxylic acids is 5. The Morgan fingerprint density at radius 1 is 0.728 bits per heavy atom. The fraction of sp³-hybridized carbons (Fsp3) is 0.446. The highest BCUT2D eigenvalue weighted by Gasteiger charge is 2.66. The summed E-state index contributed by atoms with van der Waals surface area (Å²) in [6.45, 7) is 7.09. The topological polar surface area (TPSA) is 396 Å². The van der Waals surface area contributed by atoms with E-state index in [4.69, 9.17) is 38.5 Å². The van der Waals surface area contributed by atoms with Crippen molar-refractivity contribution in [2.45, 2.75) is 147 Å². The number of thiazole rings is 1. The molecule has 7 atom stereocenters. The molecule has 4 aliphatic carbocycles. The molecule has 2 unspecified atom stereocenters. The summed E-state index contributed by atoms with van der Waals surface area (Å²) in [5.74, 6) is -5.65. The van der Waals surface area contributed by atoms with Gasteiger partial charge in [-0.1, -0.05) is 80.1 Å². The largest absolute Gasteiger partial charge is 0.491 e. The predicted octanol–water partition coefficient (Wildman–Crippen LogP) is 7.98. The van der Waals surface area contributed by atoms with Crippen LogP contribution in [0.5, 0.6) is 11.5 Å². The van der Waals surface area contributed by atoms with Crippen molar-refractivity contribution in [1.82, 2.24) is 35.3 Å². The Bertz CT molecular complexity index is 4390. The second kappa shape index (κ2) is 30.7. The zero-order chi connectivity index (χ0) is 73.0. The lowest BCUT2D eigenvalue weighted by Crippen LogP contribution is -2.64. The van der Waals surface area contributed by atoms with Crippen molar-refractivity contribution < 1.29 is 97.4 Å². The molecule has 5 fully saturated rings. The summed E-state index contributed by atoms with van der Waals surface area (Å²) in [5.41, 5.74) is 2.45. The molecule has 2 aliphatic heterocycles. The van der Waals surface area contributed by atoms with Gasteiger partial charge in [0.2, 0.25) is 12.2 Å². The number of anilines is 1. The van der Waals surface area contributed by atoms with E-state index >= 15 is 0 Å². The number of nitrogens with zero attached hydrogens (tertiary/aromatic N) is 5. The summed E-state index contributed by atoms with van der Waals surface area (Å²) in [6, 6.07) is 25.1. The molecule has 3 aromatic heterocycles. The van der Waals surface area contributed by atoms with Gasteiger partial charge in [0.1, 0.15) is 43.0 Å². The summed E-state index contributed by atoms with van der Waals surface area (Å²) in [4.78, 5) is 112. The Hall–Kier alpha value is -9.75. The van der Waals surface area contributed by atoms with Crippen LogP contribution in [-0.2, 0) is 62.5 Å². The highest BCUT2D eigenvalue weighted by atomic mass is 32.1. The van der Waals surface area contributed by atoms with Crippen LogP contribution in [0.3, 0.4) is 0 Å². The fourth-order valence-electron chi connectivity index (χ4n) is 16.6. The third kappa shape index (κ3) is 16.4. The number of amides is 5. The van der Waals surface area contributed by atoms with Crippen LogP contribution in [0.2, 0.25) is 0 Å². The number of para-hydroxylation sites is 1. The maximum atomic E-state index is 14.4. The van der Waals surface area contributed by atoms with Crippen LogP contribution in [0, 0.1) is 23.2 Å². The molecule has 13 rings (SSSR count). The van der Waals surface area contributed by atoms with Crippen LogP contribution in [0.15, 0.2) is 103 Å². The number of aliphatic carboxylic acids is 2. The van der Waals surface area contributed by atoms with E-state index in [1.54, 1.807) is 24.4 Å². The van der Waals surface area contributed by atoms with Gasteiger partial charge in [-0.3, -0.25) is 38.9 Å². The molecule has 28 nitrogen and oxygen atoms in total. The first kappa shape index (κ1) is 73.0. The van der Waals surface area contributed by atoms with Gasteiger partial charge < -0.3 is 69.7 Å². The number of aliphatic hydroxyl groups is 3. The number of nitrogens with one attached hydrogen (secondary N) is 3. The van der Waals surface area contributed by atoms with Gasteiger partial charge in [-0.25, -0.2) is 24.4 Å². The normalized spacial score (nSPS) is 24.0. The molecule has 7 aromatic rings. The number of benzene rings is 4. The Morgan fingerprint density at radius 2 is 1.47 bits per heavy atom. The molecular formula is C74H82N8O20S. The number of hydrogen-bond acceptors (Lipinski definition) is 21. The number of rotatable bonds is 32. The van der Waals surface area contributed by atoms with Gasteiger partial charge in [0.05, 0.1) is 53.1 Å². The lowest BCUT2D eigenvalue weighted by molar-refractivity contribution is -0.271. The quantitative estimate of drug-likeness (QED) is 0.0142. The average Bonchev–Trinajstić information content (AvgIpc) is 0.922. The number of ether oxygens (including phenoxy) is 6. The standard InChI is InChI=1S/C74H82N8O20S/c1-42-49(46-19-21-50(78-59(46)66(92)93)47-18-16-43-11-6-7-12-45(43)58(47)65(91)80-69-79-51-13-8-9-14-53(51)103-69)33-77-82(42)41-73-36-71(2)35-72(3,37-73)39-74(38-71,40-73)100-30-27-76-70(96)99-34-44-17-22-52(48(20-25-57(86)87)63(44)101-68-62(90)60(88)61(89)64(102-68)67(94)95)98-32-31-97-29-26-75-54(83)15-5-4-10-28-81-55(84)23-24-56(81)85/h6-9,11-14,16-19,21-24,33,60-62,64,68,88-90H,4-5,10,15,20,25-32,34-41H2,1-3H3,(H,75,83)(H,76,96)(H,86,87)(H,92,93)(H,94,95)(H,79,80,91)/t60-,61-,62+,64-,68+,71?,72?,73?,74?/m1/s1. The molecule has 5 heterocycles. The van der Waals surface area contributed by atoms with Crippen LogP contribution in [-0.4, -0.2) is 185 Å². The van der Waals surface area contributed by atoms with E-state index in [2.05, 4.69) is 34.8 Å². The van der Waals surface area contributed by atoms with Gasteiger partial charge in [-0.05, 0) is 128 Å². The molecule has 29 heteroatoms. The number of alkyl carbamates (subject to hydrolysis) is 1. The smallest absolute Gasteiger partial charge is 0.407 e. The van der Waals surface area contributed by atoms with E-state index in [0.29, 0.717) is 70.7 Å². The number of carboxylic acid groups (broad SMARTS) is 3. The van der Waals surface area contributed by atoms with Crippen molar-refractivity contribution in [3.05, 3.63) is 131 Å². The first-order valence-electron chi connectivity index (χ1n) is 34.3. The first-order chi connectivity index (χ1) is 49.3. The summed E-state index contributed by atoms with van der Waals surface area (Å²) < 4.78 is 38.8.